The van der Waals surface area contributed by atoms with Crippen LogP contribution in [0.1, 0.15) is 29.5 Å². The standard InChI is InChI=1S/C11H12BrFO/c1-6-8(12)5-9(13)7(2)10(6)11(14)3-4-11/h5,14H,3-4H2,1-2H3. The van der Waals surface area contributed by atoms with Crippen molar-refractivity contribution in [1.29, 1.82) is 0 Å². The summed E-state index contributed by atoms with van der Waals surface area (Å²) >= 11 is 3.30. The fourth-order valence-electron chi connectivity index (χ4n) is 1.91. The molecular formula is C11H12BrFO. The molecule has 0 aromatic heterocycles. The van der Waals surface area contributed by atoms with Crippen LogP contribution in [0.15, 0.2) is 10.5 Å². The van der Waals surface area contributed by atoms with E-state index in [1.54, 1.807) is 6.92 Å². The quantitative estimate of drug-likeness (QED) is 0.821. The maximum absolute atomic E-state index is 13.4. The lowest BCUT2D eigenvalue weighted by atomic mass is 9.96. The molecule has 0 amide bonds. The molecule has 0 unspecified atom stereocenters. The van der Waals surface area contributed by atoms with Crippen molar-refractivity contribution in [2.24, 2.45) is 0 Å². The normalized spacial score (nSPS) is 18.4. The van der Waals surface area contributed by atoms with Crippen molar-refractivity contribution in [1.82, 2.24) is 0 Å². The van der Waals surface area contributed by atoms with Crippen molar-refractivity contribution >= 4 is 15.9 Å². The van der Waals surface area contributed by atoms with Gasteiger partial charge in [-0.25, -0.2) is 4.39 Å². The van der Waals surface area contributed by atoms with E-state index in [-0.39, 0.29) is 5.82 Å². The molecule has 0 aliphatic heterocycles. The zero-order valence-corrected chi connectivity index (χ0v) is 9.78. The van der Waals surface area contributed by atoms with Crippen LogP contribution in [-0.4, -0.2) is 5.11 Å². The van der Waals surface area contributed by atoms with Gasteiger partial charge in [0.2, 0.25) is 0 Å². The minimum Gasteiger partial charge on any atom is -0.385 e. The zero-order valence-electron chi connectivity index (χ0n) is 8.19. The molecule has 76 valence electrons. The van der Waals surface area contributed by atoms with Crippen LogP contribution in [0, 0.1) is 19.7 Å². The Morgan fingerprint density at radius 1 is 1.36 bits per heavy atom. The van der Waals surface area contributed by atoms with Crippen molar-refractivity contribution in [2.75, 3.05) is 0 Å². The molecule has 14 heavy (non-hydrogen) atoms. The van der Waals surface area contributed by atoms with Crippen LogP contribution < -0.4 is 0 Å². The van der Waals surface area contributed by atoms with Crippen LogP contribution in [0.5, 0.6) is 0 Å². The van der Waals surface area contributed by atoms with E-state index < -0.39 is 5.60 Å². The minimum atomic E-state index is -0.765. The number of halogens is 2. The first kappa shape index (κ1) is 10.1. The van der Waals surface area contributed by atoms with Gasteiger partial charge in [0.1, 0.15) is 5.82 Å². The maximum atomic E-state index is 13.4. The molecule has 0 spiro atoms. The molecule has 0 heterocycles. The van der Waals surface area contributed by atoms with E-state index in [9.17, 15) is 9.50 Å². The van der Waals surface area contributed by atoms with Gasteiger partial charge in [0.05, 0.1) is 5.60 Å². The topological polar surface area (TPSA) is 20.2 Å². The fourth-order valence-corrected chi connectivity index (χ4v) is 2.31. The molecule has 1 N–H and O–H groups in total. The Kier molecular flexibility index (Phi) is 2.20. The number of hydrogen-bond acceptors (Lipinski definition) is 1. The second-order valence-electron chi connectivity index (χ2n) is 4.00. The molecule has 1 aromatic carbocycles. The highest BCUT2D eigenvalue weighted by molar-refractivity contribution is 9.10. The summed E-state index contributed by atoms with van der Waals surface area (Å²) in [7, 11) is 0. The molecule has 0 saturated heterocycles. The lowest BCUT2D eigenvalue weighted by Gasteiger charge is -2.17. The van der Waals surface area contributed by atoms with E-state index in [4.69, 9.17) is 0 Å². The first-order valence-corrected chi connectivity index (χ1v) is 5.43. The Labute approximate surface area is 91.1 Å². The summed E-state index contributed by atoms with van der Waals surface area (Å²) in [4.78, 5) is 0. The summed E-state index contributed by atoms with van der Waals surface area (Å²) in [5.74, 6) is -0.252. The van der Waals surface area contributed by atoms with Gasteiger partial charge in [-0.2, -0.15) is 0 Å². The van der Waals surface area contributed by atoms with Gasteiger partial charge in [-0.05, 0) is 49.4 Å². The molecular weight excluding hydrogens is 247 g/mol. The second kappa shape index (κ2) is 3.04. The van der Waals surface area contributed by atoms with Crippen LogP contribution in [0.4, 0.5) is 4.39 Å². The maximum Gasteiger partial charge on any atom is 0.127 e. The smallest absolute Gasteiger partial charge is 0.127 e. The summed E-state index contributed by atoms with van der Waals surface area (Å²) in [6, 6.07) is 1.46. The molecule has 0 atom stereocenters. The van der Waals surface area contributed by atoms with Crippen molar-refractivity contribution in [2.45, 2.75) is 32.3 Å². The van der Waals surface area contributed by atoms with E-state index in [1.165, 1.54) is 6.07 Å². The van der Waals surface area contributed by atoms with Crippen LogP contribution >= 0.6 is 15.9 Å². The summed E-state index contributed by atoms with van der Waals surface area (Å²) in [5, 5.41) is 10.0. The monoisotopic (exact) mass is 258 g/mol. The zero-order chi connectivity index (χ0) is 10.5. The SMILES string of the molecule is Cc1c(F)cc(Br)c(C)c1C1(O)CC1. The molecule has 1 aliphatic rings. The average molecular weight is 259 g/mol. The summed E-state index contributed by atoms with van der Waals surface area (Å²) in [6.07, 6.45) is 1.48. The van der Waals surface area contributed by atoms with Crippen LogP contribution in [0.3, 0.4) is 0 Å². The number of benzene rings is 1. The van der Waals surface area contributed by atoms with Gasteiger partial charge in [-0.3, -0.25) is 0 Å². The highest BCUT2D eigenvalue weighted by atomic mass is 79.9. The summed E-state index contributed by atoms with van der Waals surface area (Å²) in [6.45, 7) is 3.63. The lowest BCUT2D eigenvalue weighted by Crippen LogP contribution is -2.11. The molecule has 1 saturated carbocycles. The lowest BCUT2D eigenvalue weighted by molar-refractivity contribution is 0.149. The van der Waals surface area contributed by atoms with Crippen molar-refractivity contribution in [3.63, 3.8) is 0 Å². The Morgan fingerprint density at radius 2 is 1.93 bits per heavy atom. The summed E-state index contributed by atoms with van der Waals surface area (Å²) < 4.78 is 14.2. The van der Waals surface area contributed by atoms with Gasteiger partial charge in [-0.1, -0.05) is 15.9 Å². The van der Waals surface area contributed by atoms with E-state index >= 15 is 0 Å². The average Bonchev–Trinajstić information content (AvgIpc) is 2.81. The van der Waals surface area contributed by atoms with E-state index in [0.29, 0.717) is 5.56 Å². The van der Waals surface area contributed by atoms with Gasteiger partial charge in [0, 0.05) is 4.47 Å². The molecule has 1 aromatic rings. The third kappa shape index (κ3) is 1.39. The van der Waals surface area contributed by atoms with E-state index in [1.807, 2.05) is 6.92 Å². The van der Waals surface area contributed by atoms with Crippen molar-refractivity contribution in [3.8, 4) is 0 Å². The number of aliphatic hydroxyl groups is 1. The third-order valence-corrected chi connectivity index (χ3v) is 3.73. The third-order valence-electron chi connectivity index (χ3n) is 2.91. The molecule has 1 fully saturated rings. The number of hydrogen-bond donors (Lipinski definition) is 1. The first-order valence-electron chi connectivity index (χ1n) is 4.64. The largest absolute Gasteiger partial charge is 0.385 e. The predicted molar refractivity (Wildman–Crippen MR) is 56.7 cm³/mol. The van der Waals surface area contributed by atoms with Gasteiger partial charge >= 0.3 is 0 Å². The van der Waals surface area contributed by atoms with Gasteiger partial charge in [-0.15, -0.1) is 0 Å². The van der Waals surface area contributed by atoms with E-state index in [2.05, 4.69) is 15.9 Å². The van der Waals surface area contributed by atoms with Crippen LogP contribution in [0.25, 0.3) is 0 Å². The Balaban J connectivity index is 2.68. The van der Waals surface area contributed by atoms with Gasteiger partial charge in [0.15, 0.2) is 0 Å². The molecule has 0 bridgehead atoms. The highest BCUT2D eigenvalue weighted by Crippen LogP contribution is 2.49. The molecule has 3 heteroatoms. The van der Waals surface area contributed by atoms with Gasteiger partial charge in [0.25, 0.3) is 0 Å². The van der Waals surface area contributed by atoms with Gasteiger partial charge < -0.3 is 5.11 Å². The Hall–Kier alpha value is -0.410. The molecule has 2 rings (SSSR count). The van der Waals surface area contributed by atoms with Crippen molar-refractivity contribution < 1.29 is 9.50 Å². The van der Waals surface area contributed by atoms with Crippen molar-refractivity contribution in [3.05, 3.63) is 33.0 Å². The van der Waals surface area contributed by atoms with Crippen LogP contribution in [0.2, 0.25) is 0 Å². The minimum absolute atomic E-state index is 0.252. The predicted octanol–water partition coefficient (Wildman–Crippen LogP) is 3.19. The first-order chi connectivity index (χ1) is 6.46. The van der Waals surface area contributed by atoms with Crippen LogP contribution in [-0.2, 0) is 5.60 Å². The molecule has 1 nitrogen and oxygen atoms in total. The second-order valence-corrected chi connectivity index (χ2v) is 4.85. The Morgan fingerprint density at radius 3 is 2.43 bits per heavy atom. The number of rotatable bonds is 1. The summed E-state index contributed by atoms with van der Waals surface area (Å²) in [5.41, 5.74) is 1.53. The highest BCUT2D eigenvalue weighted by Gasteiger charge is 2.44. The fraction of sp³-hybridized carbons (Fsp3) is 0.455. The molecule has 0 radical (unpaired) electrons. The molecule has 1 aliphatic carbocycles. The van der Waals surface area contributed by atoms with E-state index in [0.717, 1.165) is 28.4 Å². The Bertz CT molecular complexity index is 371.